The van der Waals surface area contributed by atoms with E-state index in [1.165, 1.54) is 0 Å². The third-order valence-corrected chi connectivity index (χ3v) is 3.02. The zero-order chi connectivity index (χ0) is 13.1. The lowest BCUT2D eigenvalue weighted by atomic mass is 9.90. The largest absolute Gasteiger partial charge is 0.475 e. The molecule has 0 unspecified atom stereocenters. The van der Waals surface area contributed by atoms with E-state index in [9.17, 15) is 4.79 Å². The molecule has 0 aromatic carbocycles. The molecule has 0 aliphatic carbocycles. The number of aryl methyl sites for hydroxylation is 1. The van der Waals surface area contributed by atoms with Crippen LogP contribution in [0.2, 0.25) is 0 Å². The molecule has 2 N–H and O–H groups in total. The van der Waals surface area contributed by atoms with Crippen LogP contribution in [0.4, 0.5) is 0 Å². The molecular weight excluding hydrogens is 218 g/mol. The Morgan fingerprint density at radius 3 is 2.65 bits per heavy atom. The molecule has 0 fully saturated rings. The van der Waals surface area contributed by atoms with Gasteiger partial charge in [-0.1, -0.05) is 20.8 Å². The Morgan fingerprint density at radius 1 is 1.53 bits per heavy atom. The molecule has 0 aliphatic rings. The highest BCUT2D eigenvalue weighted by atomic mass is 16.4. The Bertz CT molecular complexity index is 393. The molecule has 4 heteroatoms. The number of nitrogens with one attached hydrogen (secondary N) is 1. The lowest BCUT2D eigenvalue weighted by molar-refractivity contribution is 0.0659. The van der Waals surface area contributed by atoms with Gasteiger partial charge in [0.2, 0.25) is 5.76 Å². The first-order chi connectivity index (χ1) is 7.85. The Labute approximate surface area is 102 Å². The van der Waals surface area contributed by atoms with Crippen molar-refractivity contribution in [3.8, 4) is 0 Å². The van der Waals surface area contributed by atoms with Gasteiger partial charge in [0, 0.05) is 12.1 Å². The lowest BCUT2D eigenvalue weighted by Crippen LogP contribution is -2.28. The average Bonchev–Trinajstić information content (AvgIpc) is 2.59. The highest BCUT2D eigenvalue weighted by Crippen LogP contribution is 2.19. The third kappa shape index (κ3) is 3.89. The molecule has 1 aromatic heterocycles. The fourth-order valence-corrected chi connectivity index (χ4v) is 1.50. The molecule has 0 aliphatic heterocycles. The summed E-state index contributed by atoms with van der Waals surface area (Å²) in [7, 11) is 0. The topological polar surface area (TPSA) is 62.5 Å². The van der Waals surface area contributed by atoms with Crippen molar-refractivity contribution < 1.29 is 14.3 Å². The van der Waals surface area contributed by atoms with Crippen LogP contribution in [0.15, 0.2) is 10.5 Å². The first kappa shape index (κ1) is 13.8. The fraction of sp³-hybridized carbons (Fsp3) is 0.615. The smallest absolute Gasteiger partial charge is 0.372 e. The SMILES string of the molecule is CCC(C)(C)CNCc1cc(C)c(C(=O)O)o1. The second-order valence-electron chi connectivity index (χ2n) is 5.15. The van der Waals surface area contributed by atoms with E-state index in [1.807, 2.05) is 0 Å². The Hall–Kier alpha value is -1.29. The van der Waals surface area contributed by atoms with Gasteiger partial charge in [0.15, 0.2) is 0 Å². The molecule has 17 heavy (non-hydrogen) atoms. The van der Waals surface area contributed by atoms with E-state index in [4.69, 9.17) is 9.52 Å². The number of furan rings is 1. The number of hydrogen-bond acceptors (Lipinski definition) is 3. The van der Waals surface area contributed by atoms with Crippen molar-refractivity contribution in [2.75, 3.05) is 6.54 Å². The standard InChI is InChI=1S/C13H21NO3/c1-5-13(3,4)8-14-7-10-6-9(2)11(17-10)12(15)16/h6,14H,5,7-8H2,1-4H3,(H,15,16). The first-order valence-corrected chi connectivity index (χ1v) is 5.89. The van der Waals surface area contributed by atoms with Gasteiger partial charge in [-0.3, -0.25) is 0 Å². The van der Waals surface area contributed by atoms with Crippen molar-refractivity contribution >= 4 is 5.97 Å². The average molecular weight is 239 g/mol. The highest BCUT2D eigenvalue weighted by molar-refractivity contribution is 5.86. The number of carboxylic acid groups (broad SMARTS) is 1. The van der Waals surface area contributed by atoms with Crippen molar-refractivity contribution in [3.05, 3.63) is 23.2 Å². The molecule has 96 valence electrons. The number of aromatic carboxylic acids is 1. The first-order valence-electron chi connectivity index (χ1n) is 5.89. The molecule has 1 heterocycles. The second kappa shape index (κ2) is 5.36. The minimum Gasteiger partial charge on any atom is -0.475 e. The molecule has 1 rings (SSSR count). The van der Waals surface area contributed by atoms with E-state index in [0.717, 1.165) is 13.0 Å². The summed E-state index contributed by atoms with van der Waals surface area (Å²) < 4.78 is 5.26. The van der Waals surface area contributed by atoms with E-state index in [-0.39, 0.29) is 11.2 Å². The van der Waals surface area contributed by atoms with Crippen molar-refractivity contribution in [2.24, 2.45) is 5.41 Å². The summed E-state index contributed by atoms with van der Waals surface area (Å²) in [4.78, 5) is 10.8. The maximum atomic E-state index is 10.8. The van der Waals surface area contributed by atoms with Crippen LogP contribution in [0.25, 0.3) is 0 Å². The lowest BCUT2D eigenvalue weighted by Gasteiger charge is -2.22. The van der Waals surface area contributed by atoms with E-state index >= 15 is 0 Å². The number of hydrogen-bond donors (Lipinski definition) is 2. The Morgan fingerprint density at radius 2 is 2.18 bits per heavy atom. The zero-order valence-corrected chi connectivity index (χ0v) is 11.0. The fourth-order valence-electron chi connectivity index (χ4n) is 1.50. The maximum Gasteiger partial charge on any atom is 0.372 e. The molecular formula is C13H21NO3. The Kier molecular flexibility index (Phi) is 4.34. The van der Waals surface area contributed by atoms with Crippen LogP contribution in [-0.2, 0) is 6.54 Å². The van der Waals surface area contributed by atoms with E-state index in [2.05, 4.69) is 26.1 Å². The summed E-state index contributed by atoms with van der Waals surface area (Å²) >= 11 is 0. The van der Waals surface area contributed by atoms with Gasteiger partial charge >= 0.3 is 5.97 Å². The van der Waals surface area contributed by atoms with E-state index in [0.29, 0.717) is 17.9 Å². The third-order valence-electron chi connectivity index (χ3n) is 3.02. The summed E-state index contributed by atoms with van der Waals surface area (Å²) in [6.07, 6.45) is 1.09. The van der Waals surface area contributed by atoms with Gasteiger partial charge in [-0.2, -0.15) is 0 Å². The summed E-state index contributed by atoms with van der Waals surface area (Å²) in [6.45, 7) is 9.73. The van der Waals surface area contributed by atoms with Crippen LogP contribution in [0.5, 0.6) is 0 Å². The number of carbonyl (C=O) groups is 1. The van der Waals surface area contributed by atoms with Gasteiger partial charge in [0.05, 0.1) is 6.54 Å². The minimum atomic E-state index is -1.01. The monoisotopic (exact) mass is 239 g/mol. The van der Waals surface area contributed by atoms with Gasteiger partial charge < -0.3 is 14.8 Å². The molecule has 4 nitrogen and oxygen atoms in total. The van der Waals surface area contributed by atoms with Crippen LogP contribution >= 0.6 is 0 Å². The quantitative estimate of drug-likeness (QED) is 0.801. The Balaban J connectivity index is 2.53. The van der Waals surface area contributed by atoms with Gasteiger partial charge in [-0.25, -0.2) is 4.79 Å². The summed E-state index contributed by atoms with van der Waals surface area (Å²) in [6, 6.07) is 1.77. The molecule has 0 amide bonds. The number of carboxylic acids is 1. The van der Waals surface area contributed by atoms with Crippen molar-refractivity contribution in [1.29, 1.82) is 0 Å². The van der Waals surface area contributed by atoms with E-state index in [1.54, 1.807) is 13.0 Å². The molecule has 0 radical (unpaired) electrons. The molecule has 1 aromatic rings. The molecule has 0 saturated carbocycles. The van der Waals surface area contributed by atoms with Crippen molar-refractivity contribution in [1.82, 2.24) is 5.32 Å². The summed E-state index contributed by atoms with van der Waals surface area (Å²) in [5.74, 6) is -0.300. The van der Waals surface area contributed by atoms with Gasteiger partial charge in [-0.05, 0) is 24.8 Å². The molecule has 0 bridgehead atoms. The highest BCUT2D eigenvalue weighted by Gasteiger charge is 2.16. The molecule has 0 spiro atoms. The van der Waals surface area contributed by atoms with Crippen LogP contribution in [0, 0.1) is 12.3 Å². The molecule has 0 atom stereocenters. The van der Waals surface area contributed by atoms with Crippen molar-refractivity contribution in [3.63, 3.8) is 0 Å². The molecule has 0 saturated heterocycles. The van der Waals surface area contributed by atoms with Gasteiger partial charge in [0.1, 0.15) is 5.76 Å². The van der Waals surface area contributed by atoms with Gasteiger partial charge in [-0.15, -0.1) is 0 Å². The normalized spacial score (nSPS) is 11.8. The van der Waals surface area contributed by atoms with Crippen LogP contribution < -0.4 is 5.32 Å². The summed E-state index contributed by atoms with van der Waals surface area (Å²) in [5, 5.41) is 12.1. The van der Waals surface area contributed by atoms with E-state index < -0.39 is 5.97 Å². The number of rotatable bonds is 6. The van der Waals surface area contributed by atoms with Crippen molar-refractivity contribution in [2.45, 2.75) is 40.7 Å². The summed E-state index contributed by atoms with van der Waals surface area (Å²) in [5.41, 5.74) is 0.918. The van der Waals surface area contributed by atoms with Crippen LogP contribution in [-0.4, -0.2) is 17.6 Å². The zero-order valence-electron chi connectivity index (χ0n) is 11.0. The predicted octanol–water partition coefficient (Wildman–Crippen LogP) is 2.81. The van der Waals surface area contributed by atoms with Crippen LogP contribution in [0.3, 0.4) is 0 Å². The predicted molar refractivity (Wildman–Crippen MR) is 66.2 cm³/mol. The minimum absolute atomic E-state index is 0.0385. The van der Waals surface area contributed by atoms with Crippen LogP contribution in [0.1, 0.15) is 49.1 Å². The second-order valence-corrected chi connectivity index (χ2v) is 5.15. The van der Waals surface area contributed by atoms with Gasteiger partial charge in [0.25, 0.3) is 0 Å². The maximum absolute atomic E-state index is 10.8.